The number of aryl methyl sites for hydroxylation is 2. The van der Waals surface area contributed by atoms with Crippen LogP contribution in [0.3, 0.4) is 0 Å². The van der Waals surface area contributed by atoms with Gasteiger partial charge >= 0.3 is 5.97 Å². The fourth-order valence-corrected chi connectivity index (χ4v) is 3.69. The van der Waals surface area contributed by atoms with Crippen LogP contribution in [0.4, 0.5) is 0 Å². The molecule has 0 radical (unpaired) electrons. The summed E-state index contributed by atoms with van der Waals surface area (Å²) in [5.41, 5.74) is 4.59. The second-order valence-electron chi connectivity index (χ2n) is 7.58. The van der Waals surface area contributed by atoms with Gasteiger partial charge in [-0.3, -0.25) is 4.79 Å². The second-order valence-corrected chi connectivity index (χ2v) is 7.58. The highest BCUT2D eigenvalue weighted by Gasteiger charge is 2.15. The zero-order valence-electron chi connectivity index (χ0n) is 18.3. The van der Waals surface area contributed by atoms with Crippen LogP contribution in [-0.4, -0.2) is 32.7 Å². The van der Waals surface area contributed by atoms with Crippen LogP contribution in [0.5, 0.6) is 11.5 Å². The fourth-order valence-electron chi connectivity index (χ4n) is 3.69. The maximum atomic E-state index is 12.2. The number of ether oxygens (including phenoxy) is 3. The highest BCUT2D eigenvalue weighted by atomic mass is 16.5. The van der Waals surface area contributed by atoms with Crippen molar-refractivity contribution in [2.75, 3.05) is 20.8 Å². The van der Waals surface area contributed by atoms with Crippen molar-refractivity contribution >= 4 is 18.0 Å². The van der Waals surface area contributed by atoms with Crippen molar-refractivity contribution in [3.63, 3.8) is 0 Å². The maximum absolute atomic E-state index is 12.2. The van der Waals surface area contributed by atoms with Gasteiger partial charge in [-0.15, -0.1) is 0 Å². The Bertz CT molecular complexity index is 966. The van der Waals surface area contributed by atoms with Crippen LogP contribution in [0.15, 0.2) is 42.5 Å². The number of hydrogen-bond acceptors (Lipinski definition) is 5. The molecule has 2 aromatic rings. The quantitative estimate of drug-likeness (QED) is 0.513. The summed E-state index contributed by atoms with van der Waals surface area (Å²) in [6, 6.07) is 11.5. The first-order chi connectivity index (χ1) is 15.0. The van der Waals surface area contributed by atoms with E-state index in [1.54, 1.807) is 38.5 Å². The van der Waals surface area contributed by atoms with Gasteiger partial charge in [-0.05, 0) is 73.1 Å². The number of hydrogen-bond donors (Lipinski definition) is 1. The van der Waals surface area contributed by atoms with Gasteiger partial charge in [0.2, 0.25) is 0 Å². The van der Waals surface area contributed by atoms with E-state index in [1.807, 2.05) is 6.92 Å². The highest BCUT2D eigenvalue weighted by molar-refractivity contribution is 5.89. The minimum atomic E-state index is -0.591. The van der Waals surface area contributed by atoms with Crippen LogP contribution in [-0.2, 0) is 27.2 Å². The molecule has 0 unspecified atom stereocenters. The SMILES string of the molecule is COc1ccc(/C=C/C(=O)OCC(=O)N[C@H](C)c2ccc3c(c2)CCCC3)cc1OC. The average Bonchev–Trinajstić information content (AvgIpc) is 2.80. The third-order valence-corrected chi connectivity index (χ3v) is 5.42. The average molecular weight is 424 g/mol. The lowest BCUT2D eigenvalue weighted by Gasteiger charge is -2.20. The molecule has 0 bridgehead atoms. The zero-order valence-corrected chi connectivity index (χ0v) is 18.3. The molecule has 164 valence electrons. The standard InChI is InChI=1S/C25H29NO5/c1-17(20-11-10-19-6-4-5-7-21(19)15-20)26-24(27)16-31-25(28)13-9-18-8-12-22(29-2)23(14-18)30-3/h8-15,17H,4-7,16H2,1-3H3,(H,26,27)/b13-9+/t17-/m1/s1. The Morgan fingerprint density at radius 3 is 2.48 bits per heavy atom. The monoisotopic (exact) mass is 423 g/mol. The Labute approximate surface area is 183 Å². The fraction of sp³-hybridized carbons (Fsp3) is 0.360. The van der Waals surface area contributed by atoms with Gasteiger partial charge in [0.1, 0.15) is 0 Å². The van der Waals surface area contributed by atoms with E-state index in [9.17, 15) is 9.59 Å². The first-order valence-electron chi connectivity index (χ1n) is 10.5. The van der Waals surface area contributed by atoms with Gasteiger partial charge in [-0.2, -0.15) is 0 Å². The molecule has 0 saturated carbocycles. The summed E-state index contributed by atoms with van der Waals surface area (Å²) in [4.78, 5) is 24.2. The molecule has 1 atom stereocenters. The molecular weight excluding hydrogens is 394 g/mol. The van der Waals surface area contributed by atoms with Gasteiger partial charge in [-0.25, -0.2) is 4.79 Å². The minimum Gasteiger partial charge on any atom is -0.493 e. The zero-order chi connectivity index (χ0) is 22.2. The summed E-state index contributed by atoms with van der Waals surface area (Å²) < 4.78 is 15.5. The topological polar surface area (TPSA) is 73.9 Å². The van der Waals surface area contributed by atoms with E-state index >= 15 is 0 Å². The van der Waals surface area contributed by atoms with E-state index in [0.717, 1.165) is 24.0 Å². The summed E-state index contributed by atoms with van der Waals surface area (Å²) in [6.45, 7) is 1.60. The molecule has 2 aromatic carbocycles. The van der Waals surface area contributed by atoms with Crippen LogP contribution in [0.1, 0.15) is 48.1 Å². The van der Waals surface area contributed by atoms with E-state index in [1.165, 1.54) is 30.0 Å². The highest BCUT2D eigenvalue weighted by Crippen LogP contribution is 2.28. The third-order valence-electron chi connectivity index (χ3n) is 5.42. The molecule has 0 heterocycles. The Kier molecular flexibility index (Phi) is 7.70. The molecule has 3 rings (SSSR count). The van der Waals surface area contributed by atoms with Gasteiger partial charge < -0.3 is 19.5 Å². The number of amides is 1. The summed E-state index contributed by atoms with van der Waals surface area (Å²) in [7, 11) is 3.10. The molecule has 0 aromatic heterocycles. The van der Waals surface area contributed by atoms with Crippen molar-refractivity contribution in [1.29, 1.82) is 0 Å². The van der Waals surface area contributed by atoms with Crippen molar-refractivity contribution in [1.82, 2.24) is 5.32 Å². The molecule has 0 spiro atoms. The van der Waals surface area contributed by atoms with E-state index in [2.05, 4.69) is 23.5 Å². The molecule has 1 amide bonds. The van der Waals surface area contributed by atoms with Gasteiger partial charge in [0.15, 0.2) is 18.1 Å². The second kappa shape index (κ2) is 10.7. The van der Waals surface area contributed by atoms with E-state index < -0.39 is 5.97 Å². The molecule has 6 nitrogen and oxygen atoms in total. The lowest BCUT2D eigenvalue weighted by Crippen LogP contribution is -2.31. The first kappa shape index (κ1) is 22.4. The molecule has 1 N–H and O–H groups in total. The van der Waals surface area contributed by atoms with Gasteiger partial charge in [0.25, 0.3) is 5.91 Å². The molecule has 0 fully saturated rings. The smallest absolute Gasteiger partial charge is 0.331 e. The van der Waals surface area contributed by atoms with Gasteiger partial charge in [-0.1, -0.05) is 24.3 Å². The van der Waals surface area contributed by atoms with Crippen molar-refractivity contribution in [2.45, 2.75) is 38.6 Å². The summed E-state index contributed by atoms with van der Waals surface area (Å²) >= 11 is 0. The maximum Gasteiger partial charge on any atom is 0.331 e. The number of methoxy groups -OCH3 is 2. The number of rotatable bonds is 8. The Hall–Kier alpha value is -3.28. The lowest BCUT2D eigenvalue weighted by atomic mass is 9.89. The van der Waals surface area contributed by atoms with Gasteiger partial charge in [0, 0.05) is 6.08 Å². The van der Waals surface area contributed by atoms with E-state index in [0.29, 0.717) is 11.5 Å². The number of nitrogens with one attached hydrogen (secondary N) is 1. The van der Waals surface area contributed by atoms with Crippen molar-refractivity contribution in [2.24, 2.45) is 0 Å². The molecular formula is C25H29NO5. The number of carbonyl (C=O) groups is 2. The lowest BCUT2D eigenvalue weighted by molar-refractivity contribution is -0.144. The van der Waals surface area contributed by atoms with Gasteiger partial charge in [0.05, 0.1) is 20.3 Å². The Balaban J connectivity index is 1.49. The largest absolute Gasteiger partial charge is 0.493 e. The Morgan fingerprint density at radius 1 is 1.00 bits per heavy atom. The number of benzene rings is 2. The normalized spacial score (nSPS) is 13.9. The van der Waals surface area contributed by atoms with Crippen molar-refractivity contribution in [3.8, 4) is 11.5 Å². The van der Waals surface area contributed by atoms with Crippen LogP contribution >= 0.6 is 0 Å². The molecule has 6 heteroatoms. The number of esters is 1. The van der Waals surface area contributed by atoms with Crippen molar-refractivity contribution in [3.05, 3.63) is 64.7 Å². The summed E-state index contributed by atoms with van der Waals surface area (Å²) in [5, 5.41) is 2.89. The number of fused-ring (bicyclic) bond motifs is 1. The first-order valence-corrected chi connectivity index (χ1v) is 10.5. The van der Waals surface area contributed by atoms with E-state index in [4.69, 9.17) is 14.2 Å². The van der Waals surface area contributed by atoms with Crippen LogP contribution in [0.25, 0.3) is 6.08 Å². The number of carbonyl (C=O) groups excluding carboxylic acids is 2. The molecule has 1 aliphatic rings. The Morgan fingerprint density at radius 2 is 1.74 bits per heavy atom. The molecule has 1 aliphatic carbocycles. The van der Waals surface area contributed by atoms with Crippen LogP contribution in [0, 0.1) is 0 Å². The summed E-state index contributed by atoms with van der Waals surface area (Å²) in [5.74, 6) is 0.241. The molecule has 0 aliphatic heterocycles. The minimum absolute atomic E-state index is 0.152. The molecule has 31 heavy (non-hydrogen) atoms. The van der Waals surface area contributed by atoms with Crippen molar-refractivity contribution < 1.29 is 23.8 Å². The van der Waals surface area contributed by atoms with Crippen LogP contribution < -0.4 is 14.8 Å². The third kappa shape index (κ3) is 6.10. The predicted molar refractivity (Wildman–Crippen MR) is 119 cm³/mol. The van der Waals surface area contributed by atoms with E-state index in [-0.39, 0.29) is 18.6 Å². The summed E-state index contributed by atoms with van der Waals surface area (Å²) in [6.07, 6.45) is 7.55. The van der Waals surface area contributed by atoms with Crippen LogP contribution in [0.2, 0.25) is 0 Å². The molecule has 0 saturated heterocycles. The predicted octanol–water partition coefficient (Wildman–Crippen LogP) is 4.02.